The van der Waals surface area contributed by atoms with Gasteiger partial charge in [-0.25, -0.2) is 0 Å². The van der Waals surface area contributed by atoms with Gasteiger partial charge in [-0.1, -0.05) is 27.7 Å². The molecule has 0 amide bonds. The maximum Gasteiger partial charge on any atom is 0.369 e. The van der Waals surface area contributed by atoms with Crippen LogP contribution in [0.2, 0.25) is 37.3 Å². The van der Waals surface area contributed by atoms with Crippen molar-refractivity contribution < 1.29 is 37.7 Å². The van der Waals surface area contributed by atoms with Crippen LogP contribution in [0.1, 0.15) is 27.7 Å². The molecule has 3 N–H and O–H groups in total. The summed E-state index contributed by atoms with van der Waals surface area (Å²) >= 11 is 2.14. The Morgan fingerprint density at radius 3 is 1.69 bits per heavy atom. The fraction of sp³-hybridized carbons (Fsp3) is 0.933. The molecule has 6 nitrogen and oxygen atoms in total. The second kappa shape index (κ2) is 8.72. The number of carbonyl (C=O) groups excluding carboxylic acids is 1. The zero-order valence-electron chi connectivity index (χ0n) is 16.5. The molecule has 0 aromatic heterocycles. The summed E-state index contributed by atoms with van der Waals surface area (Å²) in [6.45, 7) is 13.7. The lowest BCUT2D eigenvalue weighted by Crippen LogP contribution is -2.68. The summed E-state index contributed by atoms with van der Waals surface area (Å²) in [4.78, 5) is 11.4. The third-order valence-corrected chi connectivity index (χ3v) is 12.7. The van der Waals surface area contributed by atoms with Gasteiger partial charge in [0, 0.05) is 0 Å². The third kappa shape index (κ3) is 5.63. The van der Waals surface area contributed by atoms with Crippen LogP contribution in [-0.4, -0.2) is 60.8 Å². The van der Waals surface area contributed by atoms with Crippen molar-refractivity contribution >= 4 is 37.3 Å². The first-order valence-electron chi connectivity index (χ1n) is 8.37. The highest BCUT2D eigenvalue weighted by Crippen LogP contribution is 2.41. The van der Waals surface area contributed by atoms with Crippen LogP contribution in [-0.2, 0) is 13.6 Å². The number of carbonyl (C=O) groups is 1. The van der Waals surface area contributed by atoms with Gasteiger partial charge >= 0.3 is 5.92 Å². The summed E-state index contributed by atoms with van der Waals surface area (Å²) in [5, 5.41) is 31.2. The summed E-state index contributed by atoms with van der Waals surface area (Å²) in [6.07, 6.45) is -4.71. The summed E-state index contributed by atoms with van der Waals surface area (Å²) in [5.74, 6) is -8.16. The fourth-order valence-electron chi connectivity index (χ4n) is 1.67. The van der Waals surface area contributed by atoms with E-state index in [2.05, 4.69) is 15.9 Å². The van der Waals surface area contributed by atoms with Gasteiger partial charge in [-0.2, -0.15) is 8.78 Å². The van der Waals surface area contributed by atoms with E-state index in [1.807, 2.05) is 13.8 Å². The van der Waals surface area contributed by atoms with Gasteiger partial charge in [0.15, 0.2) is 29.0 Å². The Labute approximate surface area is 164 Å². The highest BCUT2D eigenvalue weighted by Gasteiger charge is 2.66. The first-order valence-corrected chi connectivity index (χ1v) is 15.1. The van der Waals surface area contributed by atoms with E-state index in [1.54, 1.807) is 40.0 Å². The van der Waals surface area contributed by atoms with Crippen molar-refractivity contribution in [1.29, 1.82) is 0 Å². The van der Waals surface area contributed by atoms with Crippen molar-refractivity contribution in [3.63, 3.8) is 0 Å². The number of alkyl halides is 2. The van der Waals surface area contributed by atoms with E-state index in [0.717, 1.165) is 0 Å². The summed E-state index contributed by atoms with van der Waals surface area (Å²) < 4.78 is 37.9. The van der Waals surface area contributed by atoms with E-state index in [0.29, 0.717) is 0 Å². The Kier molecular flexibility index (Phi) is 8.80. The monoisotopic (exact) mass is 480 g/mol. The number of aliphatic hydroxyl groups excluding tert-OH is 2. The van der Waals surface area contributed by atoms with Gasteiger partial charge in [-0.3, -0.25) is 4.79 Å². The Balaban J connectivity index is 5.98. The zero-order valence-corrected chi connectivity index (χ0v) is 20.1. The van der Waals surface area contributed by atoms with Gasteiger partial charge in [-0.15, -0.1) is 0 Å². The van der Waals surface area contributed by atoms with Crippen LogP contribution in [0.5, 0.6) is 0 Å². The lowest BCUT2D eigenvalue weighted by molar-refractivity contribution is -0.334. The molecule has 0 aromatic rings. The minimum Gasteiger partial charge on any atom is -0.391 e. The van der Waals surface area contributed by atoms with E-state index in [9.17, 15) is 28.9 Å². The minimum absolute atomic E-state index is 0.00171. The molecule has 0 saturated carbocycles. The molecule has 1 unspecified atom stereocenters. The van der Waals surface area contributed by atoms with E-state index in [4.69, 9.17) is 8.85 Å². The zero-order chi connectivity index (χ0) is 21.3. The molecule has 0 radical (unpaired) electrons. The predicted molar refractivity (Wildman–Crippen MR) is 103 cm³/mol. The molecule has 0 bridgehead atoms. The summed E-state index contributed by atoms with van der Waals surface area (Å²) in [7, 11) is -5.54. The van der Waals surface area contributed by atoms with Gasteiger partial charge in [0.25, 0.3) is 10.5 Å². The molecule has 0 aliphatic rings. The van der Waals surface area contributed by atoms with Crippen molar-refractivity contribution in [2.24, 2.45) is 0 Å². The molecule has 0 saturated heterocycles. The van der Waals surface area contributed by atoms with E-state index < -0.39 is 45.4 Å². The molecular weight excluding hydrogens is 450 g/mol. The van der Waals surface area contributed by atoms with Gasteiger partial charge in [0.05, 0.1) is 0 Å². The number of rotatable bonds is 10. The minimum atomic E-state index is -4.51. The topological polar surface area (TPSA) is 96.2 Å². The summed E-state index contributed by atoms with van der Waals surface area (Å²) in [5.41, 5.74) is -0.222. The molecule has 3 atom stereocenters. The average Bonchev–Trinajstić information content (AvgIpc) is 2.44. The van der Waals surface area contributed by atoms with Crippen molar-refractivity contribution in [1.82, 2.24) is 0 Å². The quantitative estimate of drug-likeness (QED) is 0.252. The molecule has 156 valence electrons. The molecule has 11 heteroatoms. The number of hydrogen-bond acceptors (Lipinski definition) is 6. The van der Waals surface area contributed by atoms with Gasteiger partial charge in [0.1, 0.15) is 0 Å². The van der Waals surface area contributed by atoms with E-state index >= 15 is 0 Å². The lowest BCUT2D eigenvalue weighted by Gasteiger charge is -2.45. The van der Waals surface area contributed by atoms with Gasteiger partial charge in [0.2, 0.25) is 0 Å². The highest BCUT2D eigenvalue weighted by molar-refractivity contribution is 9.18. The Morgan fingerprint density at radius 2 is 1.38 bits per heavy atom. The second-order valence-electron chi connectivity index (χ2n) is 8.12. The molecule has 0 aliphatic heterocycles. The lowest BCUT2D eigenvalue weighted by atomic mass is 10.0. The van der Waals surface area contributed by atoms with Crippen molar-refractivity contribution in [2.45, 2.75) is 89.1 Å². The smallest absolute Gasteiger partial charge is 0.369 e. The third-order valence-electron chi connectivity index (χ3n) is 4.99. The first kappa shape index (κ1) is 26.2. The Morgan fingerprint density at radius 1 is 1.00 bits per heavy atom. The first-order chi connectivity index (χ1) is 11.3. The highest BCUT2D eigenvalue weighted by atomic mass is 79.9. The molecule has 0 aromatic carbocycles. The molecule has 0 heterocycles. The fourth-order valence-corrected chi connectivity index (χ4v) is 4.27. The summed E-state index contributed by atoms with van der Waals surface area (Å²) in [6, 6.07) is 0. The van der Waals surface area contributed by atoms with Gasteiger partial charge in [-0.05, 0) is 53.2 Å². The normalized spacial score (nSPS) is 18.8. The SMILES string of the molecule is CC(C)[Si](C)(C)OC(O)[C@@H](O)[C@@](O)(O[Si](C)(C)C(C)C)C(F)(F)C(=O)Br. The van der Waals surface area contributed by atoms with Gasteiger partial charge < -0.3 is 24.2 Å². The molecule has 0 spiro atoms. The molecule has 0 rings (SSSR count). The van der Waals surface area contributed by atoms with Crippen molar-refractivity contribution in [3.8, 4) is 0 Å². The standard InChI is InChI=1S/C15H31BrF2O6Si2/c1-9(2)25(5,6)23-12(20)11(19)15(22,14(17,18)13(16)21)24-26(7,8)10(3)4/h9-12,19-20,22H,1-8H3/t11-,12?,15-/m1/s1. The molecule has 0 aliphatic carbocycles. The van der Waals surface area contributed by atoms with Crippen LogP contribution in [0.3, 0.4) is 0 Å². The van der Waals surface area contributed by atoms with Crippen LogP contribution >= 0.6 is 15.9 Å². The van der Waals surface area contributed by atoms with Crippen molar-refractivity contribution in [3.05, 3.63) is 0 Å². The average molecular weight is 481 g/mol. The van der Waals surface area contributed by atoms with Crippen LogP contribution < -0.4 is 0 Å². The van der Waals surface area contributed by atoms with Crippen LogP contribution in [0.15, 0.2) is 0 Å². The Hall–Kier alpha value is 0.244. The van der Waals surface area contributed by atoms with Crippen molar-refractivity contribution in [2.75, 3.05) is 0 Å². The number of hydrogen-bond donors (Lipinski definition) is 3. The van der Waals surface area contributed by atoms with Crippen LogP contribution in [0.4, 0.5) is 8.78 Å². The van der Waals surface area contributed by atoms with E-state index in [1.165, 1.54) is 0 Å². The molecule has 26 heavy (non-hydrogen) atoms. The van der Waals surface area contributed by atoms with Crippen LogP contribution in [0.25, 0.3) is 0 Å². The Bertz CT molecular complexity index is 505. The maximum absolute atomic E-state index is 14.5. The second-order valence-corrected chi connectivity index (χ2v) is 18.0. The predicted octanol–water partition coefficient (Wildman–Crippen LogP) is 3.17. The largest absolute Gasteiger partial charge is 0.391 e. The van der Waals surface area contributed by atoms with E-state index in [-0.39, 0.29) is 11.1 Å². The van der Waals surface area contributed by atoms with Crippen LogP contribution in [0, 0.1) is 0 Å². The number of aliphatic hydroxyl groups is 3. The molecule has 0 fully saturated rings. The maximum atomic E-state index is 14.5. The number of halogens is 3. The molecular formula is C15H31BrF2O6Si2.